The van der Waals surface area contributed by atoms with E-state index >= 15 is 0 Å². The summed E-state index contributed by atoms with van der Waals surface area (Å²) in [7, 11) is 0. The Balaban J connectivity index is 0.00000288. The topological polar surface area (TPSA) is 79.5 Å². The number of nitrogens with zero attached hydrogens (tertiary/aromatic N) is 1. The Labute approximate surface area is 163 Å². The van der Waals surface area contributed by atoms with Gasteiger partial charge >= 0.3 is 0 Å². The summed E-state index contributed by atoms with van der Waals surface area (Å²) in [6, 6.07) is 9.74. The molecule has 2 rings (SSSR count). The van der Waals surface area contributed by atoms with Crippen LogP contribution in [0.4, 0.5) is 5.69 Å². The minimum atomic E-state index is -0.0368. The standard InChI is InChI=1S/C17H22N4OS.HI/c1-12-6-7-14(11-13(12)2)21-17(18)20-9-4-8-19-16(22)15-5-3-10-23-15;/h3,5-7,10-11H,4,8-9H2,1-2H3,(H,19,22)(H3,18,20,21);1H. The van der Waals surface area contributed by atoms with Crippen molar-refractivity contribution in [2.75, 3.05) is 18.4 Å². The molecule has 0 aliphatic carbocycles. The van der Waals surface area contributed by atoms with Gasteiger partial charge in [0.15, 0.2) is 5.96 Å². The van der Waals surface area contributed by atoms with Crippen LogP contribution in [0, 0.1) is 13.8 Å². The van der Waals surface area contributed by atoms with E-state index in [4.69, 9.17) is 5.73 Å². The van der Waals surface area contributed by atoms with E-state index in [-0.39, 0.29) is 29.9 Å². The summed E-state index contributed by atoms with van der Waals surface area (Å²) in [6.07, 6.45) is 0.742. The molecule has 1 aromatic heterocycles. The summed E-state index contributed by atoms with van der Waals surface area (Å²) >= 11 is 1.43. The number of nitrogens with one attached hydrogen (secondary N) is 2. The molecule has 2 aromatic rings. The lowest BCUT2D eigenvalue weighted by Gasteiger charge is -2.08. The summed E-state index contributed by atoms with van der Waals surface area (Å²) in [6.45, 7) is 5.27. The number of halogens is 1. The molecule has 5 nitrogen and oxygen atoms in total. The second-order valence-electron chi connectivity index (χ2n) is 5.28. The monoisotopic (exact) mass is 458 g/mol. The molecule has 0 saturated heterocycles. The van der Waals surface area contributed by atoms with Gasteiger partial charge in [-0.25, -0.2) is 0 Å². The van der Waals surface area contributed by atoms with Gasteiger partial charge in [0.2, 0.25) is 0 Å². The molecule has 0 aliphatic heterocycles. The normalized spacial score (nSPS) is 10.8. The number of aryl methyl sites for hydroxylation is 2. The highest BCUT2D eigenvalue weighted by atomic mass is 127. The van der Waals surface area contributed by atoms with E-state index in [0.29, 0.717) is 19.0 Å². The SMILES string of the molecule is Cc1ccc(NC(N)=NCCCNC(=O)c2cccs2)cc1C.I. The third-order valence-electron chi connectivity index (χ3n) is 3.43. The zero-order valence-corrected chi connectivity index (χ0v) is 17.0. The van der Waals surface area contributed by atoms with Gasteiger partial charge in [-0.2, -0.15) is 0 Å². The molecular formula is C17H23IN4OS. The molecule has 0 saturated carbocycles. The van der Waals surface area contributed by atoms with Crippen molar-refractivity contribution >= 4 is 52.9 Å². The Morgan fingerprint density at radius 1 is 1.25 bits per heavy atom. The zero-order valence-electron chi connectivity index (χ0n) is 13.8. The predicted molar refractivity (Wildman–Crippen MR) is 113 cm³/mol. The maximum atomic E-state index is 11.7. The van der Waals surface area contributed by atoms with Crippen molar-refractivity contribution in [2.24, 2.45) is 10.7 Å². The number of carbonyl (C=O) groups is 1. The van der Waals surface area contributed by atoms with Gasteiger partial charge in [-0.05, 0) is 55.0 Å². The van der Waals surface area contributed by atoms with Gasteiger partial charge < -0.3 is 16.4 Å². The van der Waals surface area contributed by atoms with E-state index in [2.05, 4.69) is 29.5 Å². The van der Waals surface area contributed by atoms with Crippen LogP contribution in [-0.2, 0) is 0 Å². The van der Waals surface area contributed by atoms with Gasteiger partial charge in [0.1, 0.15) is 0 Å². The minimum Gasteiger partial charge on any atom is -0.370 e. The third-order valence-corrected chi connectivity index (χ3v) is 4.30. The van der Waals surface area contributed by atoms with Crippen LogP contribution in [-0.4, -0.2) is 25.0 Å². The molecule has 0 unspecified atom stereocenters. The zero-order chi connectivity index (χ0) is 16.7. The molecule has 1 amide bonds. The molecule has 130 valence electrons. The number of benzene rings is 1. The molecule has 0 spiro atoms. The van der Waals surface area contributed by atoms with Crippen molar-refractivity contribution in [3.63, 3.8) is 0 Å². The van der Waals surface area contributed by atoms with Crippen LogP contribution in [0.5, 0.6) is 0 Å². The highest BCUT2D eigenvalue weighted by Gasteiger charge is 2.04. The minimum absolute atomic E-state index is 0. The molecule has 7 heteroatoms. The Morgan fingerprint density at radius 3 is 2.71 bits per heavy atom. The average Bonchev–Trinajstić information content (AvgIpc) is 3.05. The Hall–Kier alpha value is -1.61. The molecule has 24 heavy (non-hydrogen) atoms. The number of anilines is 1. The average molecular weight is 458 g/mol. The Bertz CT molecular complexity index is 686. The lowest BCUT2D eigenvalue weighted by atomic mass is 10.1. The first-order valence-electron chi connectivity index (χ1n) is 7.52. The number of thiophene rings is 1. The fourth-order valence-electron chi connectivity index (χ4n) is 1.98. The van der Waals surface area contributed by atoms with Crippen LogP contribution >= 0.6 is 35.3 Å². The van der Waals surface area contributed by atoms with Crippen molar-refractivity contribution in [2.45, 2.75) is 20.3 Å². The molecule has 0 aliphatic rings. The Kier molecular flexibility index (Phi) is 8.77. The van der Waals surface area contributed by atoms with Crippen molar-refractivity contribution in [1.82, 2.24) is 5.32 Å². The fourth-order valence-corrected chi connectivity index (χ4v) is 2.62. The summed E-state index contributed by atoms with van der Waals surface area (Å²) in [5.41, 5.74) is 9.25. The predicted octanol–water partition coefficient (Wildman–Crippen LogP) is 3.53. The maximum absolute atomic E-state index is 11.7. The van der Waals surface area contributed by atoms with Crippen molar-refractivity contribution in [1.29, 1.82) is 0 Å². The number of rotatable bonds is 6. The van der Waals surface area contributed by atoms with Crippen LogP contribution in [0.25, 0.3) is 0 Å². The number of carbonyl (C=O) groups excluding carboxylic acids is 1. The summed E-state index contributed by atoms with van der Waals surface area (Å²) in [4.78, 5) is 16.7. The first-order chi connectivity index (χ1) is 11.1. The quantitative estimate of drug-likeness (QED) is 0.268. The van der Waals surface area contributed by atoms with Crippen LogP contribution in [0.1, 0.15) is 27.2 Å². The van der Waals surface area contributed by atoms with Gasteiger partial charge in [0.25, 0.3) is 5.91 Å². The summed E-state index contributed by atoms with van der Waals surface area (Å²) < 4.78 is 0. The number of nitrogens with two attached hydrogens (primary N) is 1. The second kappa shape index (κ2) is 10.3. The van der Waals surface area contributed by atoms with Gasteiger partial charge in [0, 0.05) is 18.8 Å². The molecule has 0 bridgehead atoms. The van der Waals surface area contributed by atoms with Crippen molar-refractivity contribution < 1.29 is 4.79 Å². The molecule has 1 aromatic carbocycles. The van der Waals surface area contributed by atoms with Gasteiger partial charge in [-0.1, -0.05) is 12.1 Å². The summed E-state index contributed by atoms with van der Waals surface area (Å²) in [5.74, 6) is 0.350. The van der Waals surface area contributed by atoms with Crippen molar-refractivity contribution in [3.8, 4) is 0 Å². The molecule has 0 fully saturated rings. The summed E-state index contributed by atoms with van der Waals surface area (Å²) in [5, 5.41) is 7.82. The molecule has 0 atom stereocenters. The van der Waals surface area contributed by atoms with Crippen LogP contribution < -0.4 is 16.4 Å². The smallest absolute Gasteiger partial charge is 0.261 e. The second-order valence-corrected chi connectivity index (χ2v) is 6.23. The number of amides is 1. The molecule has 4 N–H and O–H groups in total. The van der Waals surface area contributed by atoms with E-state index in [1.54, 1.807) is 0 Å². The number of guanidine groups is 1. The van der Waals surface area contributed by atoms with Gasteiger partial charge in [0.05, 0.1) is 4.88 Å². The van der Waals surface area contributed by atoms with E-state index in [9.17, 15) is 4.79 Å². The molecule has 1 heterocycles. The molecular weight excluding hydrogens is 435 g/mol. The van der Waals surface area contributed by atoms with Gasteiger partial charge in [-0.3, -0.25) is 9.79 Å². The van der Waals surface area contributed by atoms with E-state index < -0.39 is 0 Å². The van der Waals surface area contributed by atoms with E-state index in [0.717, 1.165) is 17.0 Å². The highest BCUT2D eigenvalue weighted by Crippen LogP contribution is 2.13. The fraction of sp³-hybridized carbons (Fsp3) is 0.294. The highest BCUT2D eigenvalue weighted by molar-refractivity contribution is 14.0. The first kappa shape index (κ1) is 20.4. The van der Waals surface area contributed by atoms with Gasteiger partial charge in [-0.15, -0.1) is 35.3 Å². The first-order valence-corrected chi connectivity index (χ1v) is 8.40. The number of hydrogen-bond acceptors (Lipinski definition) is 3. The van der Waals surface area contributed by atoms with Crippen LogP contribution in [0.2, 0.25) is 0 Å². The number of hydrogen-bond donors (Lipinski definition) is 3. The van der Waals surface area contributed by atoms with Crippen LogP contribution in [0.15, 0.2) is 40.7 Å². The third kappa shape index (κ3) is 6.48. The van der Waals surface area contributed by atoms with Crippen molar-refractivity contribution in [3.05, 3.63) is 51.7 Å². The molecule has 0 radical (unpaired) electrons. The van der Waals surface area contributed by atoms with E-state index in [1.165, 1.54) is 22.5 Å². The Morgan fingerprint density at radius 2 is 2.04 bits per heavy atom. The van der Waals surface area contributed by atoms with Crippen LogP contribution in [0.3, 0.4) is 0 Å². The number of aliphatic imine (C=N–C) groups is 1. The maximum Gasteiger partial charge on any atom is 0.261 e. The largest absolute Gasteiger partial charge is 0.370 e. The lowest BCUT2D eigenvalue weighted by Crippen LogP contribution is -2.25. The lowest BCUT2D eigenvalue weighted by molar-refractivity contribution is 0.0957. The van der Waals surface area contributed by atoms with E-state index in [1.807, 2.05) is 35.7 Å².